The Bertz CT molecular complexity index is 1170. The lowest BCUT2D eigenvalue weighted by atomic mass is 10.0. The third-order valence-electron chi connectivity index (χ3n) is 6.16. The van der Waals surface area contributed by atoms with Gasteiger partial charge in [0.2, 0.25) is 5.82 Å². The van der Waals surface area contributed by atoms with Crippen LogP contribution in [0.25, 0.3) is 11.1 Å². The summed E-state index contributed by atoms with van der Waals surface area (Å²) in [7, 11) is 0. The van der Waals surface area contributed by atoms with E-state index in [9.17, 15) is 9.18 Å². The molecule has 1 saturated heterocycles. The van der Waals surface area contributed by atoms with Crippen LogP contribution in [-0.4, -0.2) is 59.9 Å². The summed E-state index contributed by atoms with van der Waals surface area (Å²) in [6.07, 6.45) is 2.27. The second-order valence-electron chi connectivity index (χ2n) is 8.94. The molecule has 37 heavy (non-hydrogen) atoms. The Hall–Kier alpha value is -3.53. The average Bonchev–Trinajstić information content (AvgIpc) is 3.29. The van der Waals surface area contributed by atoms with Crippen molar-refractivity contribution in [1.29, 1.82) is 0 Å². The summed E-state index contributed by atoms with van der Waals surface area (Å²) in [5.41, 5.74) is 2.18. The molecule has 1 aliphatic heterocycles. The van der Waals surface area contributed by atoms with Crippen molar-refractivity contribution in [2.75, 3.05) is 38.2 Å². The highest BCUT2D eigenvalue weighted by Gasteiger charge is 2.22. The smallest absolute Gasteiger partial charge is 0.303 e. The topological polar surface area (TPSA) is 106 Å². The van der Waals surface area contributed by atoms with Gasteiger partial charge < -0.3 is 29.1 Å². The summed E-state index contributed by atoms with van der Waals surface area (Å²) >= 11 is 0. The molecule has 2 heterocycles. The second-order valence-corrected chi connectivity index (χ2v) is 8.94. The van der Waals surface area contributed by atoms with E-state index in [2.05, 4.69) is 15.2 Å². The normalized spacial score (nSPS) is 14.6. The first-order valence-electron chi connectivity index (χ1n) is 12.8. The standard InChI is InChI=1S/C27H34FN3O6/c1-3-34-22-15-18(16-23(25(22)28)35-4-2)17-31-12-10-19(11-13-31)29-27-30-20-7-5-8-21(26(20)37-27)36-14-6-9-24(32)33/h5,7-8,15-16,19H,3-4,6,9-14,17H2,1-2H3,(H,29,30)(H,32,33). The van der Waals surface area contributed by atoms with Crippen molar-refractivity contribution in [1.82, 2.24) is 9.88 Å². The van der Waals surface area contributed by atoms with Crippen molar-refractivity contribution in [2.24, 2.45) is 0 Å². The van der Waals surface area contributed by atoms with Gasteiger partial charge in [-0.2, -0.15) is 9.37 Å². The first-order chi connectivity index (χ1) is 18.0. The molecule has 0 aliphatic carbocycles. The van der Waals surface area contributed by atoms with E-state index in [4.69, 9.17) is 23.7 Å². The summed E-state index contributed by atoms with van der Waals surface area (Å²) in [6.45, 7) is 7.13. The number of benzene rings is 2. The number of nitrogens with one attached hydrogen (secondary N) is 1. The maximum atomic E-state index is 14.6. The van der Waals surface area contributed by atoms with Crippen LogP contribution in [0.4, 0.5) is 10.4 Å². The van der Waals surface area contributed by atoms with Crippen molar-refractivity contribution >= 4 is 23.1 Å². The monoisotopic (exact) mass is 515 g/mol. The van der Waals surface area contributed by atoms with E-state index in [1.54, 1.807) is 18.2 Å². The number of para-hydroxylation sites is 1. The molecule has 1 aromatic heterocycles. The van der Waals surface area contributed by atoms with Crippen LogP contribution in [0, 0.1) is 5.82 Å². The molecule has 200 valence electrons. The maximum absolute atomic E-state index is 14.6. The van der Waals surface area contributed by atoms with Crippen molar-refractivity contribution in [3.63, 3.8) is 0 Å². The fraction of sp³-hybridized carbons (Fsp3) is 0.481. The SMILES string of the molecule is CCOc1cc(CN2CCC(Nc3nc4cccc(OCCCC(=O)O)c4o3)CC2)cc(OCC)c1F. The largest absolute Gasteiger partial charge is 0.491 e. The number of fused-ring (bicyclic) bond motifs is 1. The molecule has 0 saturated carbocycles. The number of rotatable bonds is 13. The fourth-order valence-electron chi connectivity index (χ4n) is 4.41. The average molecular weight is 516 g/mol. The zero-order chi connectivity index (χ0) is 26.2. The number of carboxylic acid groups (broad SMARTS) is 1. The number of nitrogens with zero attached hydrogens (tertiary/aromatic N) is 2. The number of carbonyl (C=O) groups is 1. The van der Waals surface area contributed by atoms with Gasteiger partial charge in [-0.15, -0.1) is 0 Å². The van der Waals surface area contributed by atoms with Gasteiger partial charge in [-0.05, 0) is 62.9 Å². The number of aliphatic carboxylic acids is 1. The van der Waals surface area contributed by atoms with Crippen molar-refractivity contribution in [2.45, 2.75) is 52.1 Å². The molecule has 2 N–H and O–H groups in total. The molecule has 10 heteroatoms. The number of halogens is 1. The molecule has 0 unspecified atom stereocenters. The summed E-state index contributed by atoms with van der Waals surface area (Å²) in [6, 6.07) is 9.64. The number of aromatic nitrogens is 1. The number of ether oxygens (including phenoxy) is 3. The number of hydrogen-bond acceptors (Lipinski definition) is 8. The van der Waals surface area contributed by atoms with Gasteiger partial charge in [0.25, 0.3) is 6.01 Å². The van der Waals surface area contributed by atoms with Crippen LogP contribution in [0.15, 0.2) is 34.7 Å². The van der Waals surface area contributed by atoms with Crippen LogP contribution in [0.2, 0.25) is 0 Å². The molecular formula is C27H34FN3O6. The van der Waals surface area contributed by atoms with E-state index in [1.807, 2.05) is 26.0 Å². The van der Waals surface area contributed by atoms with Gasteiger partial charge in [-0.1, -0.05) is 6.07 Å². The summed E-state index contributed by atoms with van der Waals surface area (Å²) in [5, 5.41) is 12.2. The Morgan fingerprint density at radius 3 is 2.49 bits per heavy atom. The predicted octanol–water partition coefficient (Wildman–Crippen LogP) is 5.08. The van der Waals surface area contributed by atoms with Gasteiger partial charge in [0.15, 0.2) is 22.8 Å². The van der Waals surface area contributed by atoms with E-state index in [0.29, 0.717) is 55.7 Å². The Morgan fingerprint density at radius 2 is 1.84 bits per heavy atom. The second kappa shape index (κ2) is 12.6. The molecule has 9 nitrogen and oxygen atoms in total. The Morgan fingerprint density at radius 1 is 1.14 bits per heavy atom. The number of anilines is 1. The minimum absolute atomic E-state index is 0.0560. The highest BCUT2D eigenvalue weighted by Crippen LogP contribution is 2.31. The number of oxazole rings is 1. The Balaban J connectivity index is 1.33. The van der Waals surface area contributed by atoms with Crippen molar-refractivity contribution in [3.05, 3.63) is 41.7 Å². The van der Waals surface area contributed by atoms with Gasteiger partial charge in [0, 0.05) is 32.1 Å². The van der Waals surface area contributed by atoms with E-state index in [1.165, 1.54) is 0 Å². The predicted molar refractivity (Wildman–Crippen MR) is 137 cm³/mol. The highest BCUT2D eigenvalue weighted by molar-refractivity contribution is 5.80. The number of piperidine rings is 1. The third-order valence-corrected chi connectivity index (χ3v) is 6.16. The molecule has 4 rings (SSSR count). The first-order valence-corrected chi connectivity index (χ1v) is 12.8. The van der Waals surface area contributed by atoms with E-state index >= 15 is 0 Å². The molecule has 0 atom stereocenters. The third kappa shape index (κ3) is 7.03. The van der Waals surface area contributed by atoms with Crippen LogP contribution in [0.5, 0.6) is 17.2 Å². The molecular weight excluding hydrogens is 481 g/mol. The van der Waals surface area contributed by atoms with Crippen LogP contribution >= 0.6 is 0 Å². The van der Waals surface area contributed by atoms with Crippen LogP contribution in [0.3, 0.4) is 0 Å². The molecule has 2 aromatic carbocycles. The van der Waals surface area contributed by atoms with E-state index in [0.717, 1.165) is 31.5 Å². The lowest BCUT2D eigenvalue weighted by Gasteiger charge is -2.32. The Kier molecular flexibility index (Phi) is 9.05. The van der Waals surface area contributed by atoms with Gasteiger partial charge in [-0.25, -0.2) is 0 Å². The fourth-order valence-corrected chi connectivity index (χ4v) is 4.41. The maximum Gasteiger partial charge on any atom is 0.303 e. The number of carboxylic acids is 1. The number of hydrogen-bond donors (Lipinski definition) is 2. The lowest BCUT2D eigenvalue weighted by Crippen LogP contribution is -2.38. The zero-order valence-corrected chi connectivity index (χ0v) is 21.3. The molecule has 0 radical (unpaired) electrons. The molecule has 0 bridgehead atoms. The van der Waals surface area contributed by atoms with Gasteiger partial charge >= 0.3 is 5.97 Å². The van der Waals surface area contributed by atoms with Crippen molar-refractivity contribution in [3.8, 4) is 17.2 Å². The van der Waals surface area contributed by atoms with Gasteiger partial charge in [0.05, 0.1) is 19.8 Å². The van der Waals surface area contributed by atoms with Crippen LogP contribution in [-0.2, 0) is 11.3 Å². The molecule has 1 aliphatic rings. The van der Waals surface area contributed by atoms with Crippen LogP contribution in [0.1, 0.15) is 45.1 Å². The minimum atomic E-state index is -0.845. The lowest BCUT2D eigenvalue weighted by molar-refractivity contribution is -0.137. The number of likely N-dealkylation sites (tertiary alicyclic amines) is 1. The van der Waals surface area contributed by atoms with E-state index < -0.39 is 11.8 Å². The quantitative estimate of drug-likeness (QED) is 0.301. The van der Waals surface area contributed by atoms with Gasteiger partial charge in [0.1, 0.15) is 5.52 Å². The summed E-state index contributed by atoms with van der Waals surface area (Å²) < 4.78 is 37.2. The first kappa shape index (κ1) is 26.5. The summed E-state index contributed by atoms with van der Waals surface area (Å²) in [4.78, 5) is 17.6. The van der Waals surface area contributed by atoms with Crippen molar-refractivity contribution < 1.29 is 32.9 Å². The zero-order valence-electron chi connectivity index (χ0n) is 21.3. The summed E-state index contributed by atoms with van der Waals surface area (Å²) in [5.74, 6) is -0.303. The highest BCUT2D eigenvalue weighted by atomic mass is 19.1. The Labute approximate surface area is 215 Å². The molecule has 3 aromatic rings. The van der Waals surface area contributed by atoms with E-state index in [-0.39, 0.29) is 24.0 Å². The minimum Gasteiger partial charge on any atom is -0.491 e. The molecule has 0 amide bonds. The van der Waals surface area contributed by atoms with Gasteiger partial charge in [-0.3, -0.25) is 9.69 Å². The molecule has 1 fully saturated rings. The molecule has 0 spiro atoms. The van der Waals surface area contributed by atoms with Crippen LogP contribution < -0.4 is 19.5 Å².